The second-order valence-electron chi connectivity index (χ2n) is 6.69. The Balaban J connectivity index is 1.84. The van der Waals surface area contributed by atoms with Crippen LogP contribution in [0.4, 0.5) is 17.1 Å². The molecule has 2 aromatic carbocycles. The van der Waals surface area contributed by atoms with Gasteiger partial charge in [-0.3, -0.25) is 14.5 Å². The van der Waals surface area contributed by atoms with E-state index in [0.717, 1.165) is 11.4 Å². The Morgan fingerprint density at radius 3 is 2.15 bits per heavy atom. The Morgan fingerprint density at radius 2 is 1.48 bits per heavy atom. The molecule has 0 fully saturated rings. The number of ketones is 1. The van der Waals surface area contributed by atoms with Gasteiger partial charge in [-0.15, -0.1) is 0 Å². The number of fused-ring (bicyclic) bond motifs is 1. The largest absolute Gasteiger partial charge is 0.377 e. The monoisotopic (exact) mass is 358 g/mol. The summed E-state index contributed by atoms with van der Waals surface area (Å²) in [6.07, 6.45) is 3.57. The van der Waals surface area contributed by atoms with E-state index in [1.54, 1.807) is 27.9 Å². The molecule has 0 bridgehead atoms. The summed E-state index contributed by atoms with van der Waals surface area (Å²) in [5.74, 6) is -0.446. The van der Waals surface area contributed by atoms with Crippen molar-refractivity contribution in [2.24, 2.45) is 0 Å². The minimum absolute atomic E-state index is 0.189. The molecule has 3 aromatic rings. The molecule has 1 aliphatic rings. The zero-order valence-electron chi connectivity index (χ0n) is 15.2. The molecular weight excluding hydrogens is 338 g/mol. The molecule has 4 rings (SSSR count). The van der Waals surface area contributed by atoms with Crippen molar-refractivity contribution in [3.63, 3.8) is 0 Å². The quantitative estimate of drug-likeness (QED) is 0.534. The predicted octanol–water partition coefficient (Wildman–Crippen LogP) is 3.14. The van der Waals surface area contributed by atoms with Gasteiger partial charge >= 0.3 is 5.91 Å². The van der Waals surface area contributed by atoms with Gasteiger partial charge in [0.1, 0.15) is 0 Å². The maximum atomic E-state index is 13.4. The number of anilines is 3. The van der Waals surface area contributed by atoms with E-state index in [1.807, 2.05) is 79.7 Å². The molecule has 0 radical (unpaired) electrons. The van der Waals surface area contributed by atoms with Crippen molar-refractivity contribution in [3.05, 3.63) is 84.7 Å². The number of amides is 1. The van der Waals surface area contributed by atoms with Crippen molar-refractivity contribution < 1.29 is 14.2 Å². The summed E-state index contributed by atoms with van der Waals surface area (Å²) < 4.78 is 1.68. The Labute approximate surface area is 158 Å². The number of para-hydroxylation sites is 2. The average Bonchev–Trinajstić information content (AvgIpc) is 2.69. The zero-order chi connectivity index (χ0) is 19.0. The topological polar surface area (TPSA) is 44.5 Å². The first kappa shape index (κ1) is 17.0. The van der Waals surface area contributed by atoms with Crippen LogP contribution >= 0.6 is 0 Å². The standard InChI is InChI=1S/C22H20N3O2/c1-23(2)16-12-14-24(15-13-16)20-21(26)18-10-6-7-11-19(18)25(22(20)27)17-8-4-3-5-9-17/h3-15,20H,1-2H3/q+1. The van der Waals surface area contributed by atoms with Crippen LogP contribution in [0.3, 0.4) is 0 Å². The van der Waals surface area contributed by atoms with Crippen LogP contribution in [0.2, 0.25) is 0 Å². The lowest BCUT2D eigenvalue weighted by Crippen LogP contribution is -2.55. The number of aromatic nitrogens is 1. The average molecular weight is 358 g/mol. The SMILES string of the molecule is CN(C)c1cc[n+](C2C(=O)c3ccccc3N(c3ccccc3)C2=O)cc1. The molecular formula is C22H20N3O2+. The van der Waals surface area contributed by atoms with E-state index in [9.17, 15) is 9.59 Å². The molecule has 1 unspecified atom stereocenters. The maximum Gasteiger partial charge on any atom is 0.309 e. The van der Waals surface area contributed by atoms with Crippen molar-refractivity contribution in [1.29, 1.82) is 0 Å². The van der Waals surface area contributed by atoms with E-state index in [0.29, 0.717) is 11.3 Å². The number of carbonyl (C=O) groups excluding carboxylic acids is 2. The number of benzene rings is 2. The molecule has 1 aliphatic heterocycles. The molecule has 134 valence electrons. The Bertz CT molecular complexity index is 998. The molecule has 5 heteroatoms. The van der Waals surface area contributed by atoms with Crippen LogP contribution in [-0.2, 0) is 4.79 Å². The lowest BCUT2D eigenvalue weighted by molar-refractivity contribution is -0.694. The second kappa shape index (κ2) is 6.68. The predicted molar refractivity (Wildman–Crippen MR) is 104 cm³/mol. The molecule has 1 aromatic heterocycles. The van der Waals surface area contributed by atoms with Crippen LogP contribution in [0.5, 0.6) is 0 Å². The number of hydrogen-bond donors (Lipinski definition) is 0. The van der Waals surface area contributed by atoms with Crippen LogP contribution in [0.25, 0.3) is 0 Å². The van der Waals surface area contributed by atoms with Gasteiger partial charge in [0.2, 0.25) is 5.78 Å². The highest BCUT2D eigenvalue weighted by molar-refractivity contribution is 6.24. The third-order valence-corrected chi connectivity index (χ3v) is 4.78. The number of Topliss-reactive ketones (excluding diaryl/α,β-unsaturated/α-hetero) is 1. The number of pyridine rings is 1. The van der Waals surface area contributed by atoms with Crippen molar-refractivity contribution in [3.8, 4) is 0 Å². The minimum atomic E-state index is -0.920. The van der Waals surface area contributed by atoms with Gasteiger partial charge in [-0.05, 0) is 24.3 Å². The summed E-state index contributed by atoms with van der Waals surface area (Å²) in [7, 11) is 3.90. The van der Waals surface area contributed by atoms with Crippen LogP contribution in [0.15, 0.2) is 79.1 Å². The summed E-state index contributed by atoms with van der Waals surface area (Å²) in [6, 6.07) is 19.6. The zero-order valence-corrected chi connectivity index (χ0v) is 15.2. The summed E-state index contributed by atoms with van der Waals surface area (Å²) in [5.41, 5.74) is 2.93. The van der Waals surface area contributed by atoms with E-state index >= 15 is 0 Å². The molecule has 5 nitrogen and oxygen atoms in total. The van der Waals surface area contributed by atoms with Gasteiger partial charge in [0.15, 0.2) is 12.4 Å². The number of nitrogens with zero attached hydrogens (tertiary/aromatic N) is 3. The minimum Gasteiger partial charge on any atom is -0.377 e. The first-order valence-electron chi connectivity index (χ1n) is 8.78. The second-order valence-corrected chi connectivity index (χ2v) is 6.69. The van der Waals surface area contributed by atoms with Crippen molar-refractivity contribution >= 4 is 28.8 Å². The van der Waals surface area contributed by atoms with Crippen LogP contribution in [0.1, 0.15) is 16.4 Å². The van der Waals surface area contributed by atoms with Gasteiger partial charge in [0.05, 0.1) is 5.69 Å². The summed E-state index contributed by atoms with van der Waals surface area (Å²) in [5, 5.41) is 0. The van der Waals surface area contributed by atoms with E-state index < -0.39 is 6.04 Å². The highest BCUT2D eigenvalue weighted by Gasteiger charge is 2.46. The van der Waals surface area contributed by atoms with Crippen LogP contribution in [-0.4, -0.2) is 25.8 Å². The third kappa shape index (κ3) is 2.87. The van der Waals surface area contributed by atoms with Crippen molar-refractivity contribution in [2.75, 3.05) is 23.9 Å². The van der Waals surface area contributed by atoms with Gasteiger partial charge in [0, 0.05) is 43.2 Å². The van der Waals surface area contributed by atoms with Crippen LogP contribution < -0.4 is 14.4 Å². The normalized spacial score (nSPS) is 16.2. The summed E-state index contributed by atoms with van der Waals surface area (Å²) in [6.45, 7) is 0. The molecule has 2 heterocycles. The maximum absolute atomic E-state index is 13.4. The Morgan fingerprint density at radius 1 is 0.852 bits per heavy atom. The fraction of sp³-hybridized carbons (Fsp3) is 0.136. The molecule has 0 saturated carbocycles. The lowest BCUT2D eigenvalue weighted by Gasteiger charge is -2.30. The Kier molecular flexibility index (Phi) is 4.20. The summed E-state index contributed by atoms with van der Waals surface area (Å²) in [4.78, 5) is 30.1. The van der Waals surface area contributed by atoms with Crippen molar-refractivity contribution in [1.82, 2.24) is 0 Å². The van der Waals surface area contributed by atoms with E-state index in [-0.39, 0.29) is 11.7 Å². The first-order chi connectivity index (χ1) is 13.1. The van der Waals surface area contributed by atoms with E-state index in [4.69, 9.17) is 0 Å². The highest BCUT2D eigenvalue weighted by Crippen LogP contribution is 2.36. The highest BCUT2D eigenvalue weighted by atomic mass is 16.2. The molecule has 0 saturated heterocycles. The number of rotatable bonds is 3. The van der Waals surface area contributed by atoms with Gasteiger partial charge in [-0.1, -0.05) is 30.3 Å². The fourth-order valence-electron chi connectivity index (χ4n) is 3.38. The van der Waals surface area contributed by atoms with Gasteiger partial charge in [-0.2, -0.15) is 4.57 Å². The first-order valence-corrected chi connectivity index (χ1v) is 8.78. The van der Waals surface area contributed by atoms with E-state index in [2.05, 4.69) is 0 Å². The van der Waals surface area contributed by atoms with E-state index in [1.165, 1.54) is 0 Å². The van der Waals surface area contributed by atoms with Crippen molar-refractivity contribution in [2.45, 2.75) is 6.04 Å². The number of hydrogen-bond acceptors (Lipinski definition) is 3. The van der Waals surface area contributed by atoms with Gasteiger partial charge < -0.3 is 4.90 Å². The smallest absolute Gasteiger partial charge is 0.309 e. The van der Waals surface area contributed by atoms with Crippen LogP contribution in [0, 0.1) is 0 Å². The molecule has 0 spiro atoms. The van der Waals surface area contributed by atoms with Gasteiger partial charge in [0.25, 0.3) is 6.04 Å². The molecule has 0 N–H and O–H groups in total. The molecule has 0 aliphatic carbocycles. The third-order valence-electron chi connectivity index (χ3n) is 4.78. The summed E-state index contributed by atoms with van der Waals surface area (Å²) >= 11 is 0. The Hall–Kier alpha value is -3.47. The lowest BCUT2D eigenvalue weighted by atomic mass is 9.94. The molecule has 1 amide bonds. The fourth-order valence-corrected chi connectivity index (χ4v) is 3.38. The van der Waals surface area contributed by atoms with Gasteiger partial charge in [-0.25, -0.2) is 0 Å². The number of carbonyl (C=O) groups is 2. The molecule has 1 atom stereocenters. The molecule has 27 heavy (non-hydrogen) atoms.